The van der Waals surface area contributed by atoms with Crippen molar-refractivity contribution in [2.75, 3.05) is 0 Å². The summed E-state index contributed by atoms with van der Waals surface area (Å²) in [5.41, 5.74) is 14.2. The van der Waals surface area contributed by atoms with Gasteiger partial charge in [-0.15, -0.1) is 0 Å². The van der Waals surface area contributed by atoms with Crippen LogP contribution in [-0.2, 0) is 13.0 Å². The summed E-state index contributed by atoms with van der Waals surface area (Å²) in [6.07, 6.45) is 3.15. The lowest BCUT2D eigenvalue weighted by atomic mass is 10.0. The minimum absolute atomic E-state index is 0.694. The number of nitrogens with zero attached hydrogens (tertiary/aromatic N) is 2. The Hall–Kier alpha value is -8.14. The molecule has 0 spiro atoms. The second-order valence-corrected chi connectivity index (χ2v) is 16.5. The van der Waals surface area contributed by atoms with Gasteiger partial charge in [0.15, 0.2) is 0 Å². The fourth-order valence-corrected chi connectivity index (χ4v) is 9.77. The van der Waals surface area contributed by atoms with Gasteiger partial charge in [-0.3, -0.25) is 0 Å². The Morgan fingerprint density at radius 1 is 0.381 bits per heavy atom. The van der Waals surface area contributed by atoms with Crippen molar-refractivity contribution in [1.82, 2.24) is 14.5 Å². The summed E-state index contributed by atoms with van der Waals surface area (Å²) in [4.78, 5) is 0. The summed E-state index contributed by atoms with van der Waals surface area (Å²) < 4.78 is 5.01. The molecular formula is C60H43N3. The van der Waals surface area contributed by atoms with Crippen LogP contribution >= 0.6 is 0 Å². The van der Waals surface area contributed by atoms with Gasteiger partial charge in [-0.2, -0.15) is 0 Å². The van der Waals surface area contributed by atoms with Crippen LogP contribution in [0.5, 0.6) is 0 Å². The molecule has 3 heteroatoms. The minimum Gasteiger partial charge on any atom is -0.381 e. The normalized spacial score (nSPS) is 12.0. The van der Waals surface area contributed by atoms with Crippen molar-refractivity contribution in [1.29, 1.82) is 0 Å². The average Bonchev–Trinajstić information content (AvgIpc) is 3.88. The molecule has 10 aromatic carbocycles. The first-order valence-electron chi connectivity index (χ1n) is 21.9. The number of fused-ring (bicyclic) bond motifs is 10. The number of para-hydroxylation sites is 2. The second-order valence-electron chi connectivity index (χ2n) is 16.5. The fourth-order valence-electron chi connectivity index (χ4n) is 9.77. The summed E-state index contributed by atoms with van der Waals surface area (Å²) in [5, 5.41) is 13.8. The first kappa shape index (κ1) is 36.7. The Kier molecular flexibility index (Phi) is 8.97. The van der Waals surface area contributed by atoms with Crippen LogP contribution in [0.2, 0.25) is 0 Å². The van der Waals surface area contributed by atoms with E-state index in [1.165, 1.54) is 87.4 Å². The molecule has 0 amide bonds. The van der Waals surface area contributed by atoms with Gasteiger partial charge >= 0.3 is 0 Å². The second kappa shape index (κ2) is 15.4. The minimum atomic E-state index is 0.694. The number of hydrogen-bond donors (Lipinski definition) is 1. The standard InChI is InChI=1S/C60H43N3/c1-3-15-42(16-4-1)40-61-56(36-29-41-27-30-44(31-28-41)43-17-5-2-6-18-43)47-37-48(62-57-25-13-11-23-52(57)54-34-32-45-19-7-9-21-50(45)59(54)62)39-49(38-47)63-58-26-14-12-24-53(58)55-35-33-46-20-8-10-22-51(46)60(55)63/h1-28,30-39,61H,29,40H2/b56-36-. The van der Waals surface area contributed by atoms with Gasteiger partial charge in [0.05, 0.1) is 22.1 Å². The highest BCUT2D eigenvalue weighted by molar-refractivity contribution is 6.20. The highest BCUT2D eigenvalue weighted by atomic mass is 15.0. The maximum absolute atomic E-state index is 3.96. The van der Waals surface area contributed by atoms with Gasteiger partial charge in [-0.05, 0) is 69.8 Å². The Bertz CT molecular complexity index is 3510. The maximum Gasteiger partial charge on any atom is 0.0619 e. The van der Waals surface area contributed by atoms with Crippen LogP contribution in [0, 0.1) is 0 Å². The summed E-state index contributed by atoms with van der Waals surface area (Å²) in [6, 6.07) is 82.0. The summed E-state index contributed by atoms with van der Waals surface area (Å²) in [7, 11) is 0. The third-order valence-corrected chi connectivity index (χ3v) is 12.8. The third kappa shape index (κ3) is 6.45. The molecule has 0 aliphatic rings. The van der Waals surface area contributed by atoms with E-state index < -0.39 is 0 Å². The van der Waals surface area contributed by atoms with Gasteiger partial charge in [0, 0.05) is 61.5 Å². The highest BCUT2D eigenvalue weighted by Gasteiger charge is 2.20. The van der Waals surface area contributed by atoms with Crippen LogP contribution in [-0.4, -0.2) is 9.13 Å². The molecule has 0 saturated heterocycles. The molecule has 12 aromatic rings. The van der Waals surface area contributed by atoms with E-state index in [4.69, 9.17) is 0 Å². The third-order valence-electron chi connectivity index (χ3n) is 12.8. The number of aromatic nitrogens is 2. The largest absolute Gasteiger partial charge is 0.381 e. The number of nitrogens with one attached hydrogen (secondary N) is 1. The number of benzene rings is 10. The van der Waals surface area contributed by atoms with Crippen molar-refractivity contribution < 1.29 is 0 Å². The Labute approximate surface area is 366 Å². The molecule has 2 heterocycles. The fraction of sp³-hybridized carbons (Fsp3) is 0.0333. The molecule has 0 aliphatic heterocycles. The summed E-state index contributed by atoms with van der Waals surface area (Å²) in [5.74, 6) is 0. The maximum atomic E-state index is 3.96. The van der Waals surface area contributed by atoms with E-state index in [1.54, 1.807) is 0 Å². The molecule has 0 saturated carbocycles. The van der Waals surface area contributed by atoms with Crippen molar-refractivity contribution in [3.8, 4) is 22.5 Å². The van der Waals surface area contributed by atoms with Crippen LogP contribution in [0.15, 0.2) is 231 Å². The van der Waals surface area contributed by atoms with Gasteiger partial charge in [-0.25, -0.2) is 0 Å². The molecule has 0 fully saturated rings. The molecule has 298 valence electrons. The smallest absolute Gasteiger partial charge is 0.0619 e. The number of hydrogen-bond acceptors (Lipinski definition) is 1. The van der Waals surface area contributed by atoms with E-state index in [9.17, 15) is 0 Å². The average molecular weight is 806 g/mol. The van der Waals surface area contributed by atoms with Crippen molar-refractivity contribution >= 4 is 70.9 Å². The van der Waals surface area contributed by atoms with Crippen molar-refractivity contribution in [2.45, 2.75) is 13.0 Å². The van der Waals surface area contributed by atoms with E-state index in [0.717, 1.165) is 29.1 Å². The van der Waals surface area contributed by atoms with E-state index in [2.05, 4.69) is 245 Å². The number of allylic oxidation sites excluding steroid dienone is 1. The van der Waals surface area contributed by atoms with E-state index in [-0.39, 0.29) is 0 Å². The molecule has 3 nitrogen and oxygen atoms in total. The zero-order valence-corrected chi connectivity index (χ0v) is 34.7. The first-order chi connectivity index (χ1) is 31.2. The van der Waals surface area contributed by atoms with Gasteiger partial charge in [0.2, 0.25) is 0 Å². The molecule has 12 rings (SSSR count). The highest BCUT2D eigenvalue weighted by Crippen LogP contribution is 2.41. The van der Waals surface area contributed by atoms with Crippen LogP contribution in [0.3, 0.4) is 0 Å². The molecule has 63 heavy (non-hydrogen) atoms. The topological polar surface area (TPSA) is 21.9 Å². The van der Waals surface area contributed by atoms with Gasteiger partial charge in [0.25, 0.3) is 0 Å². The van der Waals surface area contributed by atoms with Crippen LogP contribution in [0.4, 0.5) is 0 Å². The van der Waals surface area contributed by atoms with E-state index in [1.807, 2.05) is 0 Å². The summed E-state index contributed by atoms with van der Waals surface area (Å²) >= 11 is 0. The van der Waals surface area contributed by atoms with Gasteiger partial charge < -0.3 is 14.5 Å². The lowest BCUT2D eigenvalue weighted by molar-refractivity contribution is 0.885. The van der Waals surface area contributed by atoms with Gasteiger partial charge in [-0.1, -0.05) is 200 Å². The van der Waals surface area contributed by atoms with Crippen LogP contribution in [0.1, 0.15) is 16.7 Å². The first-order valence-corrected chi connectivity index (χ1v) is 21.9. The molecule has 0 bridgehead atoms. The van der Waals surface area contributed by atoms with Crippen molar-refractivity contribution in [3.05, 3.63) is 247 Å². The lowest BCUT2D eigenvalue weighted by Crippen LogP contribution is -2.13. The molecule has 0 unspecified atom stereocenters. The molecule has 1 N–H and O–H groups in total. The number of rotatable bonds is 9. The Balaban J connectivity index is 1.13. The SMILES string of the molecule is C(/Cc1ccc(-c2ccccc2)cc1)=C(/NCc1ccccc1)c1cc(-n2c3ccccc3c3ccc4ccccc4c32)cc(-n2c3ccccc3c3ccc4ccccc4c32)c1. The monoisotopic (exact) mass is 805 g/mol. The molecular weight excluding hydrogens is 763 g/mol. The molecule has 0 radical (unpaired) electrons. The van der Waals surface area contributed by atoms with Crippen LogP contribution in [0.25, 0.3) is 93.4 Å². The summed E-state index contributed by atoms with van der Waals surface area (Å²) in [6.45, 7) is 0.694. The molecule has 0 aliphatic carbocycles. The Morgan fingerprint density at radius 3 is 1.43 bits per heavy atom. The van der Waals surface area contributed by atoms with Gasteiger partial charge in [0.1, 0.15) is 0 Å². The van der Waals surface area contributed by atoms with Crippen molar-refractivity contribution in [3.63, 3.8) is 0 Å². The lowest BCUT2D eigenvalue weighted by Gasteiger charge is -2.19. The van der Waals surface area contributed by atoms with E-state index in [0.29, 0.717) is 6.54 Å². The van der Waals surface area contributed by atoms with E-state index >= 15 is 0 Å². The van der Waals surface area contributed by atoms with Crippen LogP contribution < -0.4 is 5.32 Å². The molecule has 2 aromatic heterocycles. The molecule has 0 atom stereocenters. The quantitative estimate of drug-likeness (QED) is 0.154. The van der Waals surface area contributed by atoms with Crippen molar-refractivity contribution in [2.24, 2.45) is 0 Å². The zero-order chi connectivity index (χ0) is 41.7. The Morgan fingerprint density at radius 2 is 0.857 bits per heavy atom. The zero-order valence-electron chi connectivity index (χ0n) is 34.7. The predicted molar refractivity (Wildman–Crippen MR) is 267 cm³/mol. The predicted octanol–water partition coefficient (Wildman–Crippen LogP) is 15.2.